The number of aryl methyl sites for hydroxylation is 2. The fourth-order valence-corrected chi connectivity index (χ4v) is 4.52. The van der Waals surface area contributed by atoms with Gasteiger partial charge in [0.25, 0.3) is 0 Å². The van der Waals surface area contributed by atoms with Gasteiger partial charge in [-0.2, -0.15) is 0 Å². The lowest BCUT2D eigenvalue weighted by atomic mass is 10.0. The van der Waals surface area contributed by atoms with Crippen molar-refractivity contribution in [3.8, 4) is 11.3 Å². The number of morpholine rings is 1. The van der Waals surface area contributed by atoms with Crippen molar-refractivity contribution in [3.05, 3.63) is 71.9 Å². The van der Waals surface area contributed by atoms with Crippen LogP contribution in [0, 0.1) is 5.82 Å². The summed E-state index contributed by atoms with van der Waals surface area (Å²) in [5, 5.41) is 2.98. The van der Waals surface area contributed by atoms with Gasteiger partial charge in [-0.05, 0) is 31.0 Å². The van der Waals surface area contributed by atoms with E-state index >= 15 is 0 Å². The van der Waals surface area contributed by atoms with Gasteiger partial charge in [0.1, 0.15) is 17.7 Å². The molecule has 2 aromatic carbocycles. The van der Waals surface area contributed by atoms with Crippen LogP contribution in [0.2, 0.25) is 0 Å². The molecule has 2 aliphatic heterocycles. The molecule has 1 N–H and O–H groups in total. The minimum Gasteiger partial charge on any atom is -0.379 e. The second-order valence-electron chi connectivity index (χ2n) is 8.33. The first-order chi connectivity index (χ1) is 15.7. The standard InChI is InChI=1S/C25H27FN4O2/c26-21-6-2-1-5-20(21)24(29-13-15-32-16-14-29)25(31)27-19-10-8-18(9-11-19)22-17-30-12-4-3-7-23(30)28-22/h1-2,5-6,8-11,17,24H,3-4,7,12-16H2,(H,27,31)/t24-/m0/s1. The summed E-state index contributed by atoms with van der Waals surface area (Å²) in [5.41, 5.74) is 3.03. The molecule has 2 aliphatic rings. The van der Waals surface area contributed by atoms with Crippen LogP contribution in [0.1, 0.15) is 30.3 Å². The molecule has 1 aromatic heterocycles. The molecule has 0 radical (unpaired) electrons. The number of nitrogens with zero attached hydrogens (tertiary/aromatic N) is 3. The molecule has 7 heteroatoms. The third-order valence-corrected chi connectivity index (χ3v) is 6.22. The SMILES string of the molecule is O=C(Nc1ccc(-c2cn3c(n2)CCCC3)cc1)[C@H](c1ccccc1F)N1CCOCC1. The van der Waals surface area contributed by atoms with Gasteiger partial charge >= 0.3 is 0 Å². The maximum Gasteiger partial charge on any atom is 0.246 e. The van der Waals surface area contributed by atoms with Crippen LogP contribution in [0.3, 0.4) is 0 Å². The first-order valence-electron chi connectivity index (χ1n) is 11.2. The molecule has 0 saturated carbocycles. The van der Waals surface area contributed by atoms with Crippen molar-refractivity contribution in [2.24, 2.45) is 0 Å². The monoisotopic (exact) mass is 434 g/mol. The fourth-order valence-electron chi connectivity index (χ4n) is 4.52. The summed E-state index contributed by atoms with van der Waals surface area (Å²) in [7, 11) is 0. The average Bonchev–Trinajstić information content (AvgIpc) is 3.26. The Balaban J connectivity index is 1.35. The summed E-state index contributed by atoms with van der Waals surface area (Å²) in [6.07, 6.45) is 5.51. The van der Waals surface area contributed by atoms with E-state index < -0.39 is 6.04 Å². The van der Waals surface area contributed by atoms with Crippen molar-refractivity contribution < 1.29 is 13.9 Å². The molecular weight excluding hydrogens is 407 g/mol. The minimum atomic E-state index is -0.709. The Morgan fingerprint density at radius 1 is 1.03 bits per heavy atom. The lowest BCUT2D eigenvalue weighted by molar-refractivity contribution is -0.123. The average molecular weight is 435 g/mol. The van der Waals surface area contributed by atoms with Gasteiger partial charge in [0.2, 0.25) is 5.91 Å². The quantitative estimate of drug-likeness (QED) is 0.659. The largest absolute Gasteiger partial charge is 0.379 e. The van der Waals surface area contributed by atoms with Crippen molar-refractivity contribution in [1.29, 1.82) is 0 Å². The molecule has 166 valence electrons. The highest BCUT2D eigenvalue weighted by molar-refractivity contribution is 5.95. The van der Waals surface area contributed by atoms with E-state index in [9.17, 15) is 9.18 Å². The van der Waals surface area contributed by atoms with Crippen LogP contribution in [-0.4, -0.2) is 46.7 Å². The van der Waals surface area contributed by atoms with Crippen LogP contribution in [0.4, 0.5) is 10.1 Å². The zero-order valence-corrected chi connectivity index (χ0v) is 18.0. The third kappa shape index (κ3) is 4.31. The van der Waals surface area contributed by atoms with Crippen molar-refractivity contribution in [3.63, 3.8) is 0 Å². The number of benzene rings is 2. The zero-order valence-electron chi connectivity index (χ0n) is 18.0. The first kappa shape index (κ1) is 20.8. The van der Waals surface area contributed by atoms with Crippen LogP contribution in [0.15, 0.2) is 54.7 Å². The van der Waals surface area contributed by atoms with Crippen LogP contribution in [0.25, 0.3) is 11.3 Å². The molecule has 1 atom stereocenters. The highest BCUT2D eigenvalue weighted by atomic mass is 19.1. The summed E-state index contributed by atoms with van der Waals surface area (Å²) in [6.45, 7) is 3.24. The molecule has 0 aliphatic carbocycles. The number of imidazole rings is 1. The Kier molecular flexibility index (Phi) is 6.01. The maximum absolute atomic E-state index is 14.6. The van der Waals surface area contributed by atoms with E-state index in [0.717, 1.165) is 30.0 Å². The summed E-state index contributed by atoms with van der Waals surface area (Å²) in [4.78, 5) is 20.0. The number of fused-ring (bicyclic) bond motifs is 1. The number of nitrogens with one attached hydrogen (secondary N) is 1. The number of hydrogen-bond acceptors (Lipinski definition) is 4. The Morgan fingerprint density at radius 3 is 2.56 bits per heavy atom. The highest BCUT2D eigenvalue weighted by Crippen LogP contribution is 2.28. The number of halogens is 1. The van der Waals surface area contributed by atoms with E-state index in [0.29, 0.717) is 37.6 Å². The van der Waals surface area contributed by atoms with Crippen molar-refractivity contribution in [2.45, 2.75) is 31.8 Å². The lowest BCUT2D eigenvalue weighted by Gasteiger charge is -2.33. The molecule has 1 fully saturated rings. The van der Waals surface area contributed by atoms with E-state index in [-0.39, 0.29) is 11.7 Å². The highest BCUT2D eigenvalue weighted by Gasteiger charge is 2.31. The summed E-state index contributed by atoms with van der Waals surface area (Å²) in [5.74, 6) is 0.516. The topological polar surface area (TPSA) is 59.4 Å². The molecule has 32 heavy (non-hydrogen) atoms. The molecule has 3 aromatic rings. The van der Waals surface area contributed by atoms with E-state index in [1.165, 1.54) is 18.9 Å². The fraction of sp³-hybridized carbons (Fsp3) is 0.360. The van der Waals surface area contributed by atoms with Gasteiger partial charge in [-0.1, -0.05) is 30.3 Å². The van der Waals surface area contributed by atoms with Crippen LogP contribution < -0.4 is 5.32 Å². The third-order valence-electron chi connectivity index (χ3n) is 6.22. The smallest absolute Gasteiger partial charge is 0.246 e. The molecular formula is C25H27FN4O2. The van der Waals surface area contributed by atoms with Crippen molar-refractivity contribution in [2.75, 3.05) is 31.6 Å². The van der Waals surface area contributed by atoms with Crippen LogP contribution in [0.5, 0.6) is 0 Å². The molecule has 0 unspecified atom stereocenters. The Morgan fingerprint density at radius 2 is 1.81 bits per heavy atom. The number of amides is 1. The number of hydrogen-bond donors (Lipinski definition) is 1. The minimum absolute atomic E-state index is 0.248. The molecule has 6 nitrogen and oxygen atoms in total. The van der Waals surface area contributed by atoms with Gasteiger partial charge in [-0.25, -0.2) is 9.37 Å². The second-order valence-corrected chi connectivity index (χ2v) is 8.33. The number of aromatic nitrogens is 2. The second kappa shape index (κ2) is 9.22. The Bertz CT molecular complexity index is 1070. The summed E-state index contributed by atoms with van der Waals surface area (Å²) >= 11 is 0. The predicted molar refractivity (Wildman–Crippen MR) is 121 cm³/mol. The van der Waals surface area contributed by atoms with E-state index in [1.807, 2.05) is 29.2 Å². The Labute approximate surface area is 187 Å². The summed E-state index contributed by atoms with van der Waals surface area (Å²) in [6, 6.07) is 13.5. The van der Waals surface area contributed by atoms with Gasteiger partial charge in [-0.15, -0.1) is 0 Å². The summed E-state index contributed by atoms with van der Waals surface area (Å²) < 4.78 is 22.2. The molecule has 1 amide bonds. The van der Waals surface area contributed by atoms with Gasteiger partial charge < -0.3 is 14.6 Å². The lowest BCUT2D eigenvalue weighted by Crippen LogP contribution is -2.44. The van der Waals surface area contributed by atoms with Gasteiger partial charge in [0.15, 0.2) is 0 Å². The normalized spacial score (nSPS) is 17.5. The number of ether oxygens (including phenoxy) is 1. The molecule has 1 saturated heterocycles. The van der Waals surface area contributed by atoms with E-state index in [1.54, 1.807) is 18.2 Å². The zero-order chi connectivity index (χ0) is 21.9. The molecule has 5 rings (SSSR count). The number of carbonyl (C=O) groups is 1. The van der Waals surface area contributed by atoms with E-state index in [2.05, 4.69) is 16.1 Å². The van der Waals surface area contributed by atoms with Gasteiger partial charge in [-0.3, -0.25) is 9.69 Å². The number of anilines is 1. The van der Waals surface area contributed by atoms with Crippen LogP contribution in [-0.2, 0) is 22.5 Å². The maximum atomic E-state index is 14.6. The number of carbonyl (C=O) groups excluding carboxylic acids is 1. The van der Waals surface area contributed by atoms with Crippen molar-refractivity contribution >= 4 is 11.6 Å². The van der Waals surface area contributed by atoms with E-state index in [4.69, 9.17) is 9.72 Å². The predicted octanol–water partition coefficient (Wildman–Crippen LogP) is 4.04. The van der Waals surface area contributed by atoms with Gasteiger partial charge in [0, 0.05) is 49.1 Å². The number of rotatable bonds is 5. The van der Waals surface area contributed by atoms with Gasteiger partial charge in [0.05, 0.1) is 18.9 Å². The Hall–Kier alpha value is -3.03. The molecule has 0 bridgehead atoms. The van der Waals surface area contributed by atoms with Crippen LogP contribution >= 0.6 is 0 Å². The molecule has 0 spiro atoms. The molecule has 3 heterocycles. The first-order valence-corrected chi connectivity index (χ1v) is 11.2. The van der Waals surface area contributed by atoms with Crippen molar-refractivity contribution in [1.82, 2.24) is 14.5 Å².